The van der Waals surface area contributed by atoms with E-state index >= 15 is 0 Å². The van der Waals surface area contributed by atoms with Gasteiger partial charge in [-0.25, -0.2) is 0 Å². The van der Waals surface area contributed by atoms with E-state index < -0.39 is 0 Å². The van der Waals surface area contributed by atoms with Gasteiger partial charge in [-0.05, 0) is 104 Å². The van der Waals surface area contributed by atoms with Gasteiger partial charge in [-0.1, -0.05) is 101 Å². The highest BCUT2D eigenvalue weighted by Gasteiger charge is 2.68. The van der Waals surface area contributed by atoms with Crippen LogP contribution in [0.2, 0.25) is 0 Å². The molecule has 9 atom stereocenters. The number of carbonyl (C=O) groups excluding carboxylic acids is 1. The molecule has 1 unspecified atom stereocenters. The number of rotatable bonds is 9. The lowest BCUT2D eigenvalue weighted by Gasteiger charge is -2.44. The largest absolute Gasteiger partial charge is 0.458 e. The first kappa shape index (κ1) is 30.6. The van der Waals surface area contributed by atoms with Gasteiger partial charge in [-0.15, -0.1) is 0 Å². The Morgan fingerprint density at radius 2 is 1.81 bits per heavy atom. The van der Waals surface area contributed by atoms with Gasteiger partial charge in [0.25, 0.3) is 0 Å². The smallest absolute Gasteiger partial charge is 0.303 e. The molecule has 5 aliphatic rings. The highest BCUT2D eigenvalue weighted by Crippen LogP contribution is 2.70. The van der Waals surface area contributed by atoms with E-state index in [-0.39, 0.29) is 28.4 Å². The maximum atomic E-state index is 11.9. The first-order chi connectivity index (χ1) is 20.0. The van der Waals surface area contributed by atoms with Gasteiger partial charge in [-0.3, -0.25) is 4.79 Å². The summed E-state index contributed by atoms with van der Waals surface area (Å²) in [4.78, 5) is 14.5. The van der Waals surface area contributed by atoms with Crippen LogP contribution < -0.4 is 0 Å². The molecule has 0 amide bonds. The van der Waals surface area contributed by atoms with Crippen LogP contribution in [0.5, 0.6) is 0 Å². The zero-order chi connectivity index (χ0) is 29.8. The summed E-state index contributed by atoms with van der Waals surface area (Å²) in [7, 11) is 0. The van der Waals surface area contributed by atoms with Gasteiger partial charge in [0.15, 0.2) is 4.77 Å². The summed E-state index contributed by atoms with van der Waals surface area (Å²) in [5.74, 6) is 3.51. The van der Waals surface area contributed by atoms with E-state index in [1.54, 1.807) is 5.57 Å². The van der Waals surface area contributed by atoms with Crippen molar-refractivity contribution < 1.29 is 14.3 Å². The lowest BCUT2D eigenvalue weighted by molar-refractivity contribution is -0.144. The van der Waals surface area contributed by atoms with Crippen molar-refractivity contribution in [1.29, 1.82) is 0 Å². The van der Waals surface area contributed by atoms with Crippen molar-refractivity contribution >= 4 is 29.5 Å². The lowest BCUT2D eigenvalue weighted by atomic mass is 9.61. The predicted octanol–water partition coefficient (Wildman–Crippen LogP) is 10.1. The van der Waals surface area contributed by atoms with Crippen LogP contribution in [0, 0.1) is 46.3 Å². The van der Waals surface area contributed by atoms with Crippen LogP contribution in [-0.2, 0) is 14.3 Å². The lowest BCUT2D eigenvalue weighted by Crippen LogP contribution is -2.37. The van der Waals surface area contributed by atoms with Crippen LogP contribution in [0.3, 0.4) is 0 Å². The van der Waals surface area contributed by atoms with Crippen LogP contribution in [0.25, 0.3) is 0 Å². The number of thioether (sulfide) groups is 2. The minimum atomic E-state index is -0.211. The Hall–Kier alpha value is -1.43. The number of esters is 1. The summed E-state index contributed by atoms with van der Waals surface area (Å²) in [6.07, 6.45) is 15.7. The molecule has 0 bridgehead atoms. The van der Waals surface area contributed by atoms with Gasteiger partial charge in [-0.2, -0.15) is 0 Å². The number of ether oxygens (including phenoxy) is 2. The third-order valence-electron chi connectivity index (χ3n) is 11.8. The second-order valence-electron chi connectivity index (χ2n) is 14.5. The SMILES string of the molecule is C=C1[C@@H](OC(C)=O)C[C@@H]2C[C@]12[C@@H](/C=C1\CCC[C@@]2(C)C1CC[C@@H]2[C@H](C)/C=C/[C@H](C)C(C)C)OC1Sc2ccccc2S1. The maximum absolute atomic E-state index is 11.9. The van der Waals surface area contributed by atoms with Gasteiger partial charge in [0, 0.05) is 22.1 Å². The Morgan fingerprint density at radius 3 is 2.48 bits per heavy atom. The first-order valence-electron chi connectivity index (χ1n) is 16.4. The molecule has 1 aromatic rings. The monoisotopic (exact) mass is 606 g/mol. The fraction of sp³-hybridized carbons (Fsp3) is 0.649. The van der Waals surface area contributed by atoms with E-state index in [0.717, 1.165) is 24.3 Å². The minimum absolute atomic E-state index is 0.0276. The van der Waals surface area contributed by atoms with E-state index in [2.05, 4.69) is 83.7 Å². The molecule has 4 aliphatic carbocycles. The van der Waals surface area contributed by atoms with E-state index in [0.29, 0.717) is 35.0 Å². The average molecular weight is 607 g/mol. The molecule has 0 aromatic heterocycles. The minimum Gasteiger partial charge on any atom is -0.458 e. The zero-order valence-electron chi connectivity index (χ0n) is 26.4. The van der Waals surface area contributed by atoms with E-state index in [1.165, 1.54) is 48.8 Å². The second-order valence-corrected chi connectivity index (χ2v) is 17.0. The molecule has 1 aliphatic heterocycles. The molecule has 0 N–H and O–H groups in total. The molecule has 4 saturated carbocycles. The number of allylic oxidation sites excluding steroid dienone is 3. The second kappa shape index (κ2) is 11.8. The zero-order valence-corrected chi connectivity index (χ0v) is 28.1. The molecule has 0 saturated heterocycles. The summed E-state index contributed by atoms with van der Waals surface area (Å²) in [6.45, 7) is 18.1. The van der Waals surface area contributed by atoms with Gasteiger partial charge in [0.2, 0.25) is 0 Å². The van der Waals surface area contributed by atoms with E-state index in [4.69, 9.17) is 9.47 Å². The highest BCUT2D eigenvalue weighted by molar-refractivity contribution is 8.19. The summed E-state index contributed by atoms with van der Waals surface area (Å²) >= 11 is 3.67. The van der Waals surface area contributed by atoms with Crippen molar-refractivity contribution in [2.24, 2.45) is 46.3 Å². The molecule has 0 spiro atoms. The Labute approximate surface area is 262 Å². The summed E-state index contributed by atoms with van der Waals surface area (Å²) in [5.41, 5.74) is 2.92. The normalized spacial score (nSPS) is 37.1. The van der Waals surface area contributed by atoms with Gasteiger partial charge >= 0.3 is 5.97 Å². The van der Waals surface area contributed by atoms with Crippen molar-refractivity contribution in [3.8, 4) is 0 Å². The quantitative estimate of drug-likeness (QED) is 0.206. The third-order valence-corrected chi connectivity index (χ3v) is 14.3. The number of carbonyl (C=O) groups is 1. The fourth-order valence-electron chi connectivity index (χ4n) is 8.99. The highest BCUT2D eigenvalue weighted by atomic mass is 32.2. The standard InChI is InChI=1S/C37H50O3S2/c1-22(2)23(3)14-15-24(4)29-16-17-30-27(11-10-18-36(29,30)7)19-34(40-35-41-32-12-8-9-13-33(32)42-35)37-21-28(37)20-31(25(37)5)39-26(6)38/h8-9,12-15,19,22-24,28-31,34-35H,5,10-11,16-18,20-21H2,1-4,6-7H3/b15-14+,27-19+/t23-,24+,28+,29+,30?,31-,34+,36+,37-/m0/s1. The van der Waals surface area contributed by atoms with E-state index in [9.17, 15) is 4.79 Å². The molecule has 42 heavy (non-hydrogen) atoms. The number of benzene rings is 1. The molecule has 3 nitrogen and oxygen atoms in total. The predicted molar refractivity (Wildman–Crippen MR) is 175 cm³/mol. The molecule has 4 fully saturated rings. The van der Waals surface area contributed by atoms with Crippen LogP contribution in [0.4, 0.5) is 0 Å². The molecular weight excluding hydrogens is 557 g/mol. The van der Waals surface area contributed by atoms with Crippen molar-refractivity contribution in [3.05, 3.63) is 60.2 Å². The third kappa shape index (κ3) is 5.49. The molecule has 5 heteroatoms. The van der Waals surface area contributed by atoms with Gasteiger partial charge < -0.3 is 9.47 Å². The fourth-order valence-corrected chi connectivity index (χ4v) is 11.5. The topological polar surface area (TPSA) is 35.5 Å². The van der Waals surface area contributed by atoms with Crippen molar-refractivity contribution in [3.63, 3.8) is 0 Å². The number of hydrogen-bond acceptors (Lipinski definition) is 5. The molecular formula is C37H50O3S2. The average Bonchev–Trinajstić information content (AvgIpc) is 3.19. The van der Waals surface area contributed by atoms with Gasteiger partial charge in [0.1, 0.15) is 6.10 Å². The summed E-state index contributed by atoms with van der Waals surface area (Å²) < 4.78 is 12.9. The molecule has 6 rings (SSSR count). The van der Waals surface area contributed by atoms with Crippen molar-refractivity contribution in [2.45, 2.75) is 113 Å². The van der Waals surface area contributed by atoms with Crippen LogP contribution in [0.1, 0.15) is 86.5 Å². The maximum Gasteiger partial charge on any atom is 0.303 e. The molecule has 228 valence electrons. The van der Waals surface area contributed by atoms with Crippen LogP contribution in [-0.4, -0.2) is 22.9 Å². The number of hydrogen-bond donors (Lipinski definition) is 0. The number of fused-ring (bicyclic) bond motifs is 3. The van der Waals surface area contributed by atoms with Gasteiger partial charge in [0.05, 0.1) is 6.10 Å². The molecule has 1 heterocycles. The van der Waals surface area contributed by atoms with Crippen molar-refractivity contribution in [1.82, 2.24) is 0 Å². The van der Waals surface area contributed by atoms with Crippen LogP contribution in [0.15, 0.2) is 70.0 Å². The van der Waals surface area contributed by atoms with E-state index in [1.807, 2.05) is 23.5 Å². The molecule has 1 aromatic carbocycles. The Balaban J connectivity index is 1.27. The molecule has 0 radical (unpaired) electrons. The first-order valence-corrected chi connectivity index (χ1v) is 18.1. The van der Waals surface area contributed by atoms with Crippen LogP contribution >= 0.6 is 23.5 Å². The Bertz CT molecular complexity index is 1240. The Morgan fingerprint density at radius 1 is 1.10 bits per heavy atom. The van der Waals surface area contributed by atoms with Crippen molar-refractivity contribution in [2.75, 3.05) is 0 Å². The summed E-state index contributed by atoms with van der Waals surface area (Å²) in [6, 6.07) is 8.64. The summed E-state index contributed by atoms with van der Waals surface area (Å²) in [5, 5.41) is 0. The Kier molecular flexibility index (Phi) is 8.61.